The summed E-state index contributed by atoms with van der Waals surface area (Å²) in [6.45, 7) is 9.06. The zero-order valence-electron chi connectivity index (χ0n) is 39.7. The van der Waals surface area contributed by atoms with Crippen LogP contribution < -0.4 is 0 Å². The number of hydrogen-bond donors (Lipinski definition) is 0. The maximum absolute atomic E-state index is 5.59. The van der Waals surface area contributed by atoms with Gasteiger partial charge in [0, 0.05) is 40.2 Å². The van der Waals surface area contributed by atoms with Crippen LogP contribution in [0.4, 0.5) is 0 Å². The van der Waals surface area contributed by atoms with Crippen LogP contribution >= 0.6 is 0 Å². The molecular formula is C62H66N4. The normalized spacial score (nSPS) is 11.3. The maximum Gasteiger partial charge on any atom is 0.160 e. The molecule has 0 aliphatic carbocycles. The van der Waals surface area contributed by atoms with Crippen LogP contribution in [0.3, 0.4) is 0 Å². The number of hydrogen-bond acceptors (Lipinski definition) is 4. The summed E-state index contributed by atoms with van der Waals surface area (Å²) < 4.78 is 0. The van der Waals surface area contributed by atoms with Crippen LogP contribution in [0.2, 0.25) is 0 Å². The summed E-state index contributed by atoms with van der Waals surface area (Å²) in [6.07, 6.45) is 21.1. The van der Waals surface area contributed by atoms with Crippen molar-refractivity contribution in [3.05, 3.63) is 180 Å². The highest BCUT2D eigenvalue weighted by Crippen LogP contribution is 2.38. The van der Waals surface area contributed by atoms with Gasteiger partial charge >= 0.3 is 0 Å². The average Bonchev–Trinajstić information content (AvgIpc) is 3.37. The summed E-state index contributed by atoms with van der Waals surface area (Å²) in [7, 11) is 0. The van der Waals surface area contributed by atoms with Gasteiger partial charge in [-0.15, -0.1) is 0 Å². The van der Waals surface area contributed by atoms with Gasteiger partial charge in [0.15, 0.2) is 5.82 Å². The minimum atomic E-state index is 0.687. The van der Waals surface area contributed by atoms with Crippen molar-refractivity contribution in [1.29, 1.82) is 0 Å². The summed E-state index contributed by atoms with van der Waals surface area (Å²) in [6, 6.07) is 52.4. The number of pyridine rings is 2. The molecule has 4 heteroatoms. The Kier molecular flexibility index (Phi) is 16.1. The Balaban J connectivity index is 1.29. The van der Waals surface area contributed by atoms with E-state index in [4.69, 9.17) is 19.9 Å². The van der Waals surface area contributed by atoms with Crippen molar-refractivity contribution < 1.29 is 0 Å². The first kappa shape index (κ1) is 46.0. The molecular weight excluding hydrogens is 801 g/mol. The second-order valence-electron chi connectivity index (χ2n) is 18.2. The largest absolute Gasteiger partial charge is 0.256 e. The highest BCUT2D eigenvalue weighted by Gasteiger charge is 2.18. The molecule has 0 N–H and O–H groups in total. The quantitative estimate of drug-likeness (QED) is 0.0675. The molecule has 4 nitrogen and oxygen atoms in total. The highest BCUT2D eigenvalue weighted by molar-refractivity contribution is 5.86. The Morgan fingerprint density at radius 2 is 0.864 bits per heavy atom. The number of unbranched alkanes of at least 4 members (excludes halogenated alkanes) is 10. The number of aromatic nitrogens is 4. The van der Waals surface area contributed by atoms with E-state index in [0.29, 0.717) is 5.82 Å². The second kappa shape index (κ2) is 23.1. The Labute approximate surface area is 394 Å². The van der Waals surface area contributed by atoms with Crippen LogP contribution in [0.25, 0.3) is 78.7 Å². The Morgan fingerprint density at radius 1 is 0.348 bits per heavy atom. The van der Waals surface area contributed by atoms with Gasteiger partial charge in [-0.05, 0) is 139 Å². The SMILES string of the molecule is CCCCCCCCc1cc(-c2cc(-c3cccc(-c4ccccc4-c4cccc(C)c4)c3)nc(-c3cc(-c4ccccn4)cc(-c4ccccn4)c3)n2)c(CCCCCCCC)cc1C. The lowest BCUT2D eigenvalue weighted by atomic mass is 9.90. The molecule has 0 saturated heterocycles. The Morgan fingerprint density at radius 3 is 1.47 bits per heavy atom. The number of nitrogens with zero attached hydrogens (tertiary/aromatic N) is 4. The van der Waals surface area contributed by atoms with E-state index in [1.807, 2.05) is 36.7 Å². The van der Waals surface area contributed by atoms with Crippen molar-refractivity contribution in [2.24, 2.45) is 0 Å². The molecule has 3 aromatic heterocycles. The van der Waals surface area contributed by atoms with E-state index in [2.05, 4.69) is 149 Å². The van der Waals surface area contributed by atoms with E-state index in [1.54, 1.807) is 0 Å². The first-order valence-electron chi connectivity index (χ1n) is 24.7. The zero-order chi connectivity index (χ0) is 45.5. The topological polar surface area (TPSA) is 51.6 Å². The van der Waals surface area contributed by atoms with Crippen molar-refractivity contribution in [2.75, 3.05) is 0 Å². The molecule has 3 heterocycles. The first-order valence-corrected chi connectivity index (χ1v) is 24.7. The van der Waals surface area contributed by atoms with Gasteiger partial charge in [-0.1, -0.05) is 169 Å². The fourth-order valence-corrected chi connectivity index (χ4v) is 9.35. The lowest BCUT2D eigenvalue weighted by Gasteiger charge is -2.17. The van der Waals surface area contributed by atoms with Gasteiger partial charge in [-0.3, -0.25) is 9.97 Å². The van der Waals surface area contributed by atoms with E-state index in [-0.39, 0.29) is 0 Å². The molecule has 0 unspecified atom stereocenters. The van der Waals surface area contributed by atoms with Crippen LogP contribution in [0.15, 0.2) is 158 Å². The van der Waals surface area contributed by atoms with Crippen molar-refractivity contribution >= 4 is 0 Å². The summed E-state index contributed by atoms with van der Waals surface area (Å²) in [5.41, 5.74) is 19.1. The van der Waals surface area contributed by atoms with Gasteiger partial charge in [-0.2, -0.15) is 0 Å². The van der Waals surface area contributed by atoms with Crippen molar-refractivity contribution in [3.8, 4) is 78.7 Å². The molecule has 8 rings (SSSR count). The third kappa shape index (κ3) is 11.8. The van der Waals surface area contributed by atoms with E-state index >= 15 is 0 Å². The number of aryl methyl sites for hydroxylation is 4. The molecule has 0 aliphatic heterocycles. The van der Waals surface area contributed by atoms with Crippen molar-refractivity contribution in [1.82, 2.24) is 19.9 Å². The smallest absolute Gasteiger partial charge is 0.160 e. The molecule has 0 radical (unpaired) electrons. The second-order valence-corrected chi connectivity index (χ2v) is 18.2. The molecule has 0 aliphatic rings. The van der Waals surface area contributed by atoms with Gasteiger partial charge in [0.25, 0.3) is 0 Å². The van der Waals surface area contributed by atoms with Crippen LogP contribution in [0.5, 0.6) is 0 Å². The molecule has 0 saturated carbocycles. The van der Waals surface area contributed by atoms with Crippen LogP contribution in [0, 0.1) is 13.8 Å². The van der Waals surface area contributed by atoms with Gasteiger partial charge in [0.1, 0.15) is 0 Å². The molecule has 0 fully saturated rings. The summed E-state index contributed by atoms with van der Waals surface area (Å²) in [5.74, 6) is 0.687. The molecule has 8 aromatic rings. The summed E-state index contributed by atoms with van der Waals surface area (Å²) >= 11 is 0. The third-order valence-corrected chi connectivity index (χ3v) is 13.0. The molecule has 334 valence electrons. The van der Waals surface area contributed by atoms with Crippen molar-refractivity contribution in [3.63, 3.8) is 0 Å². The van der Waals surface area contributed by atoms with Gasteiger partial charge in [0.05, 0.1) is 22.8 Å². The predicted molar refractivity (Wildman–Crippen MR) is 279 cm³/mol. The predicted octanol–water partition coefficient (Wildman–Crippen LogP) is 17.4. The standard InChI is InChI=1S/C62H66N4/c1-5-7-9-11-13-15-26-47-43-57(49(38-46(47)4)27-16-14-12-10-8-6-2)61-44-60(51-30-24-29-50(39-51)56-32-18-17-31-55(56)48-28-23-25-45(3)37-48)65-62(66-61)54-41-52(58-33-19-21-35-63-58)40-53(42-54)59-34-20-22-36-64-59/h17-25,28-44H,5-16,26-27H2,1-4H3. The van der Waals surface area contributed by atoms with E-state index in [9.17, 15) is 0 Å². The molecule has 0 spiro atoms. The summed E-state index contributed by atoms with van der Waals surface area (Å²) in [5, 5.41) is 0. The van der Waals surface area contributed by atoms with E-state index in [1.165, 1.54) is 122 Å². The molecule has 0 atom stereocenters. The Bertz CT molecular complexity index is 2750. The maximum atomic E-state index is 5.59. The minimum absolute atomic E-state index is 0.687. The van der Waals surface area contributed by atoms with Crippen LogP contribution in [0.1, 0.15) is 113 Å². The van der Waals surface area contributed by atoms with Gasteiger partial charge < -0.3 is 0 Å². The summed E-state index contributed by atoms with van der Waals surface area (Å²) in [4.78, 5) is 20.7. The van der Waals surface area contributed by atoms with E-state index in [0.717, 1.165) is 63.4 Å². The highest BCUT2D eigenvalue weighted by atomic mass is 14.9. The third-order valence-electron chi connectivity index (χ3n) is 13.0. The molecule has 0 amide bonds. The van der Waals surface area contributed by atoms with E-state index < -0.39 is 0 Å². The monoisotopic (exact) mass is 867 g/mol. The fraction of sp³-hybridized carbons (Fsp3) is 0.290. The van der Waals surface area contributed by atoms with Gasteiger partial charge in [0.2, 0.25) is 0 Å². The first-order chi connectivity index (χ1) is 32.5. The average molecular weight is 867 g/mol. The Hall–Kier alpha value is -6.52. The van der Waals surface area contributed by atoms with Crippen molar-refractivity contribution in [2.45, 2.75) is 118 Å². The zero-order valence-corrected chi connectivity index (χ0v) is 39.7. The molecule has 5 aromatic carbocycles. The lowest BCUT2D eigenvalue weighted by Crippen LogP contribution is -2.02. The number of rotatable bonds is 21. The van der Waals surface area contributed by atoms with Crippen LogP contribution in [-0.4, -0.2) is 19.9 Å². The molecule has 0 bridgehead atoms. The number of benzene rings is 5. The van der Waals surface area contributed by atoms with Gasteiger partial charge in [-0.25, -0.2) is 9.97 Å². The lowest BCUT2D eigenvalue weighted by molar-refractivity contribution is 0.605. The van der Waals surface area contributed by atoms with Crippen LogP contribution in [-0.2, 0) is 12.8 Å². The minimum Gasteiger partial charge on any atom is -0.256 e. The molecule has 66 heavy (non-hydrogen) atoms. The fourth-order valence-electron chi connectivity index (χ4n) is 9.35.